The molecule has 1 saturated heterocycles. The van der Waals surface area contributed by atoms with Gasteiger partial charge in [-0.15, -0.1) is 0 Å². The van der Waals surface area contributed by atoms with E-state index in [4.69, 9.17) is 4.74 Å². The minimum atomic E-state index is -3.20. The molecule has 1 N–H and O–H groups in total. The SMILES string of the molecule is C[C@@H](Cc1ccsc1)NS(=O)(=O)CC[C@H]1CCCO1. The molecule has 2 rings (SSSR count). The van der Waals surface area contributed by atoms with Gasteiger partial charge in [-0.1, -0.05) is 0 Å². The normalized spacial score (nSPS) is 21.6. The van der Waals surface area contributed by atoms with Gasteiger partial charge in [0, 0.05) is 12.6 Å². The maximum atomic E-state index is 12.0. The zero-order chi connectivity index (χ0) is 13.7. The van der Waals surface area contributed by atoms with Gasteiger partial charge >= 0.3 is 0 Å². The van der Waals surface area contributed by atoms with Crippen LogP contribution in [0.2, 0.25) is 0 Å². The Kier molecular flexibility index (Phi) is 5.38. The van der Waals surface area contributed by atoms with E-state index in [9.17, 15) is 8.42 Å². The fourth-order valence-corrected chi connectivity index (χ4v) is 4.40. The predicted molar refractivity (Wildman–Crippen MR) is 78.0 cm³/mol. The summed E-state index contributed by atoms with van der Waals surface area (Å²) in [6.45, 7) is 2.67. The van der Waals surface area contributed by atoms with Gasteiger partial charge in [0.2, 0.25) is 10.0 Å². The average molecular weight is 303 g/mol. The summed E-state index contributed by atoms with van der Waals surface area (Å²) >= 11 is 1.63. The zero-order valence-corrected chi connectivity index (χ0v) is 12.8. The molecule has 0 radical (unpaired) electrons. The van der Waals surface area contributed by atoms with Crippen molar-refractivity contribution in [3.63, 3.8) is 0 Å². The van der Waals surface area contributed by atoms with Crippen LogP contribution in [-0.2, 0) is 21.2 Å². The lowest BCUT2D eigenvalue weighted by atomic mass is 10.1. The molecule has 1 aliphatic heterocycles. The van der Waals surface area contributed by atoms with Crippen LogP contribution in [0, 0.1) is 0 Å². The van der Waals surface area contributed by atoms with Crippen LogP contribution >= 0.6 is 11.3 Å². The van der Waals surface area contributed by atoms with Crippen molar-refractivity contribution in [3.8, 4) is 0 Å². The van der Waals surface area contributed by atoms with Crippen molar-refractivity contribution < 1.29 is 13.2 Å². The molecular formula is C13H21NO3S2. The van der Waals surface area contributed by atoms with Crippen LogP contribution in [-0.4, -0.2) is 32.9 Å². The van der Waals surface area contributed by atoms with Crippen LogP contribution in [0.25, 0.3) is 0 Å². The summed E-state index contributed by atoms with van der Waals surface area (Å²) in [6, 6.07) is 1.96. The number of hydrogen-bond acceptors (Lipinski definition) is 4. The first-order valence-electron chi connectivity index (χ1n) is 6.68. The molecule has 2 heterocycles. The van der Waals surface area contributed by atoms with Crippen LogP contribution in [0.3, 0.4) is 0 Å². The van der Waals surface area contributed by atoms with Crippen LogP contribution in [0.4, 0.5) is 0 Å². The molecule has 4 nitrogen and oxygen atoms in total. The molecule has 0 spiro atoms. The molecule has 0 saturated carbocycles. The van der Waals surface area contributed by atoms with E-state index in [-0.39, 0.29) is 17.9 Å². The Hall–Kier alpha value is -0.430. The third-order valence-corrected chi connectivity index (χ3v) is 5.50. The van der Waals surface area contributed by atoms with Crippen molar-refractivity contribution in [2.45, 2.75) is 44.8 Å². The zero-order valence-electron chi connectivity index (χ0n) is 11.2. The smallest absolute Gasteiger partial charge is 0.211 e. The fourth-order valence-electron chi connectivity index (χ4n) is 2.33. The lowest BCUT2D eigenvalue weighted by Crippen LogP contribution is -2.36. The van der Waals surface area contributed by atoms with Crippen molar-refractivity contribution >= 4 is 21.4 Å². The van der Waals surface area contributed by atoms with Crippen molar-refractivity contribution in [2.75, 3.05) is 12.4 Å². The quantitative estimate of drug-likeness (QED) is 0.840. The molecule has 0 aromatic carbocycles. The Labute approximate surface area is 119 Å². The van der Waals surface area contributed by atoms with E-state index >= 15 is 0 Å². The number of thiophene rings is 1. The number of hydrogen-bond donors (Lipinski definition) is 1. The van der Waals surface area contributed by atoms with E-state index in [1.807, 2.05) is 18.4 Å². The number of sulfonamides is 1. The second-order valence-corrected chi connectivity index (χ2v) is 7.75. The van der Waals surface area contributed by atoms with Crippen LogP contribution in [0.5, 0.6) is 0 Å². The molecule has 108 valence electrons. The summed E-state index contributed by atoms with van der Waals surface area (Å²) in [5, 5.41) is 4.06. The Morgan fingerprint density at radius 2 is 2.42 bits per heavy atom. The largest absolute Gasteiger partial charge is 0.378 e. The van der Waals surface area contributed by atoms with Gasteiger partial charge in [-0.25, -0.2) is 13.1 Å². The first-order chi connectivity index (χ1) is 9.05. The van der Waals surface area contributed by atoms with Crippen molar-refractivity contribution in [1.29, 1.82) is 0 Å². The Morgan fingerprint density at radius 3 is 3.05 bits per heavy atom. The van der Waals surface area contributed by atoms with Crippen LogP contribution in [0.1, 0.15) is 31.7 Å². The number of nitrogens with one attached hydrogen (secondary N) is 1. The second-order valence-electron chi connectivity index (χ2n) is 5.10. The lowest BCUT2D eigenvalue weighted by Gasteiger charge is -2.15. The third-order valence-electron chi connectivity index (χ3n) is 3.24. The first kappa shape index (κ1) is 15.0. The lowest BCUT2D eigenvalue weighted by molar-refractivity contribution is 0.108. The first-order valence-corrected chi connectivity index (χ1v) is 9.27. The molecule has 1 aliphatic rings. The summed E-state index contributed by atoms with van der Waals surface area (Å²) in [7, 11) is -3.20. The van der Waals surface area contributed by atoms with E-state index in [1.54, 1.807) is 11.3 Å². The highest BCUT2D eigenvalue weighted by Crippen LogP contribution is 2.16. The van der Waals surface area contributed by atoms with E-state index in [0.717, 1.165) is 25.9 Å². The van der Waals surface area contributed by atoms with Crippen molar-refractivity contribution in [2.24, 2.45) is 0 Å². The monoisotopic (exact) mass is 303 g/mol. The van der Waals surface area contributed by atoms with Gasteiger partial charge in [0.05, 0.1) is 11.9 Å². The molecule has 6 heteroatoms. The van der Waals surface area contributed by atoms with Gasteiger partial charge < -0.3 is 4.74 Å². The summed E-state index contributed by atoms with van der Waals surface area (Å²) < 4.78 is 32.1. The molecular weight excluding hydrogens is 282 g/mol. The van der Waals surface area contributed by atoms with E-state index in [2.05, 4.69) is 10.1 Å². The Morgan fingerprint density at radius 1 is 1.58 bits per heavy atom. The molecule has 1 aromatic heterocycles. The van der Waals surface area contributed by atoms with Crippen LogP contribution < -0.4 is 4.72 Å². The predicted octanol–water partition coefficient (Wildman–Crippen LogP) is 2.17. The molecule has 2 atom stereocenters. The maximum Gasteiger partial charge on any atom is 0.211 e. The Bertz CT molecular complexity index is 464. The summed E-state index contributed by atoms with van der Waals surface area (Å²) in [5.74, 6) is 0.158. The molecule has 0 amide bonds. The van der Waals surface area contributed by atoms with E-state index in [0.29, 0.717) is 6.42 Å². The topological polar surface area (TPSA) is 55.4 Å². The summed E-state index contributed by atoms with van der Waals surface area (Å²) in [5.41, 5.74) is 1.18. The van der Waals surface area contributed by atoms with Crippen molar-refractivity contribution in [1.82, 2.24) is 4.72 Å². The minimum absolute atomic E-state index is 0.0657. The van der Waals surface area contributed by atoms with E-state index in [1.165, 1.54) is 5.56 Å². The molecule has 1 fully saturated rings. The molecule has 1 aromatic rings. The van der Waals surface area contributed by atoms with Gasteiger partial charge in [0.25, 0.3) is 0 Å². The standard InChI is InChI=1S/C13H21NO3S2/c1-11(9-12-4-7-18-10-12)14-19(15,16)8-5-13-3-2-6-17-13/h4,7,10-11,13-14H,2-3,5-6,8-9H2,1H3/t11-,13+/m0/s1. The minimum Gasteiger partial charge on any atom is -0.378 e. The highest BCUT2D eigenvalue weighted by molar-refractivity contribution is 7.89. The van der Waals surface area contributed by atoms with Gasteiger partial charge in [0.15, 0.2) is 0 Å². The third kappa shape index (κ3) is 5.22. The average Bonchev–Trinajstić information content (AvgIpc) is 2.97. The summed E-state index contributed by atoms with van der Waals surface area (Å²) in [6.07, 6.45) is 3.50. The second kappa shape index (κ2) is 6.83. The van der Waals surface area contributed by atoms with Crippen LogP contribution in [0.15, 0.2) is 16.8 Å². The molecule has 0 bridgehead atoms. The van der Waals surface area contributed by atoms with Gasteiger partial charge in [-0.2, -0.15) is 11.3 Å². The molecule has 0 unspecified atom stereocenters. The Balaban J connectivity index is 1.75. The highest BCUT2D eigenvalue weighted by Gasteiger charge is 2.20. The van der Waals surface area contributed by atoms with Gasteiger partial charge in [0.1, 0.15) is 0 Å². The fraction of sp³-hybridized carbons (Fsp3) is 0.692. The van der Waals surface area contributed by atoms with Crippen molar-refractivity contribution in [3.05, 3.63) is 22.4 Å². The highest BCUT2D eigenvalue weighted by atomic mass is 32.2. The molecule has 0 aliphatic carbocycles. The maximum absolute atomic E-state index is 12.0. The van der Waals surface area contributed by atoms with Gasteiger partial charge in [-0.05, 0) is 55.0 Å². The number of rotatable bonds is 7. The van der Waals surface area contributed by atoms with Gasteiger partial charge in [-0.3, -0.25) is 0 Å². The molecule has 19 heavy (non-hydrogen) atoms. The number of ether oxygens (including phenoxy) is 1. The van der Waals surface area contributed by atoms with E-state index < -0.39 is 10.0 Å². The summed E-state index contributed by atoms with van der Waals surface area (Å²) in [4.78, 5) is 0.